The van der Waals surface area contributed by atoms with Crippen LogP contribution in [0.15, 0.2) is 54.6 Å². The minimum Gasteiger partial charge on any atom is -0.457 e. The van der Waals surface area contributed by atoms with Gasteiger partial charge in [-0.15, -0.1) is 0 Å². The molecular formula is C16H18N2O3. The SMILES string of the molecule is NC(=O)C(O)CNCc1cccc(Oc2ccccc2)c1. The topological polar surface area (TPSA) is 84.6 Å². The Morgan fingerprint density at radius 1 is 1.14 bits per heavy atom. The van der Waals surface area contributed by atoms with E-state index in [4.69, 9.17) is 10.5 Å². The first-order chi connectivity index (χ1) is 10.1. The fourth-order valence-corrected chi connectivity index (χ4v) is 1.80. The van der Waals surface area contributed by atoms with Crippen molar-refractivity contribution < 1.29 is 14.6 Å². The summed E-state index contributed by atoms with van der Waals surface area (Å²) in [5.74, 6) is 0.770. The lowest BCUT2D eigenvalue weighted by Crippen LogP contribution is -2.37. The maximum Gasteiger partial charge on any atom is 0.247 e. The van der Waals surface area contributed by atoms with Gasteiger partial charge in [-0.1, -0.05) is 30.3 Å². The Morgan fingerprint density at radius 2 is 1.86 bits per heavy atom. The van der Waals surface area contributed by atoms with Gasteiger partial charge in [0.2, 0.25) is 5.91 Å². The molecule has 0 aliphatic heterocycles. The van der Waals surface area contributed by atoms with Crippen LogP contribution in [0.2, 0.25) is 0 Å². The third-order valence-corrected chi connectivity index (χ3v) is 2.87. The smallest absolute Gasteiger partial charge is 0.247 e. The molecular weight excluding hydrogens is 268 g/mol. The van der Waals surface area contributed by atoms with Gasteiger partial charge in [-0.05, 0) is 29.8 Å². The molecule has 21 heavy (non-hydrogen) atoms. The van der Waals surface area contributed by atoms with Gasteiger partial charge in [0.15, 0.2) is 0 Å². The molecule has 1 amide bonds. The van der Waals surface area contributed by atoms with Gasteiger partial charge in [-0.3, -0.25) is 4.79 Å². The summed E-state index contributed by atoms with van der Waals surface area (Å²) in [6.07, 6.45) is -1.17. The number of nitrogens with one attached hydrogen (secondary N) is 1. The molecule has 2 aromatic rings. The van der Waals surface area contributed by atoms with Gasteiger partial charge in [0.05, 0.1) is 0 Å². The summed E-state index contributed by atoms with van der Waals surface area (Å²) in [7, 11) is 0. The molecule has 0 saturated heterocycles. The lowest BCUT2D eigenvalue weighted by atomic mass is 10.2. The summed E-state index contributed by atoms with van der Waals surface area (Å²) >= 11 is 0. The van der Waals surface area contributed by atoms with E-state index < -0.39 is 12.0 Å². The average molecular weight is 286 g/mol. The maximum absolute atomic E-state index is 10.7. The zero-order valence-corrected chi connectivity index (χ0v) is 11.5. The predicted molar refractivity (Wildman–Crippen MR) is 79.9 cm³/mol. The molecule has 4 N–H and O–H groups in total. The normalized spacial score (nSPS) is 11.9. The maximum atomic E-state index is 10.7. The Labute approximate surface area is 123 Å². The van der Waals surface area contributed by atoms with Gasteiger partial charge in [-0.25, -0.2) is 0 Å². The van der Waals surface area contributed by atoms with Crippen molar-refractivity contribution in [2.75, 3.05) is 6.54 Å². The van der Waals surface area contributed by atoms with Crippen LogP contribution in [-0.2, 0) is 11.3 Å². The summed E-state index contributed by atoms with van der Waals surface area (Å²) in [4.78, 5) is 10.7. The van der Waals surface area contributed by atoms with Crippen molar-refractivity contribution in [2.45, 2.75) is 12.6 Å². The van der Waals surface area contributed by atoms with E-state index in [1.54, 1.807) is 0 Å². The summed E-state index contributed by atoms with van der Waals surface area (Å²) < 4.78 is 5.73. The van der Waals surface area contributed by atoms with Crippen molar-refractivity contribution in [3.63, 3.8) is 0 Å². The van der Waals surface area contributed by atoms with Crippen molar-refractivity contribution in [1.29, 1.82) is 0 Å². The predicted octanol–water partition coefficient (Wildman–Crippen LogP) is 1.41. The van der Waals surface area contributed by atoms with Crippen molar-refractivity contribution in [2.24, 2.45) is 5.73 Å². The lowest BCUT2D eigenvalue weighted by molar-refractivity contribution is -0.125. The molecule has 2 rings (SSSR count). The van der Waals surface area contributed by atoms with Crippen molar-refractivity contribution in [1.82, 2.24) is 5.32 Å². The number of ether oxygens (including phenoxy) is 1. The molecule has 2 aromatic carbocycles. The van der Waals surface area contributed by atoms with Crippen LogP contribution in [0.3, 0.4) is 0 Å². The molecule has 0 aliphatic rings. The fourth-order valence-electron chi connectivity index (χ4n) is 1.80. The Kier molecular flexibility index (Phi) is 5.31. The highest BCUT2D eigenvalue weighted by Gasteiger charge is 2.09. The highest BCUT2D eigenvalue weighted by atomic mass is 16.5. The van der Waals surface area contributed by atoms with Gasteiger partial charge in [0, 0.05) is 13.1 Å². The zero-order valence-electron chi connectivity index (χ0n) is 11.5. The quantitative estimate of drug-likeness (QED) is 0.718. The van der Waals surface area contributed by atoms with E-state index in [2.05, 4.69) is 5.32 Å². The summed E-state index contributed by atoms with van der Waals surface area (Å²) in [6, 6.07) is 17.1. The van der Waals surface area contributed by atoms with E-state index in [9.17, 15) is 9.90 Å². The van der Waals surface area contributed by atoms with Crippen LogP contribution < -0.4 is 15.8 Å². The number of aliphatic hydroxyl groups excluding tert-OH is 1. The molecule has 0 aromatic heterocycles. The van der Waals surface area contributed by atoms with E-state index in [0.717, 1.165) is 17.1 Å². The largest absolute Gasteiger partial charge is 0.457 e. The third-order valence-electron chi connectivity index (χ3n) is 2.87. The number of hydrogen-bond donors (Lipinski definition) is 3. The fraction of sp³-hybridized carbons (Fsp3) is 0.188. The molecule has 0 fully saturated rings. The van der Waals surface area contributed by atoms with Crippen LogP contribution in [0.4, 0.5) is 0 Å². The molecule has 110 valence electrons. The first kappa shape index (κ1) is 15.0. The number of carbonyl (C=O) groups excluding carboxylic acids is 1. The average Bonchev–Trinajstić information content (AvgIpc) is 2.48. The molecule has 0 aliphatic carbocycles. The number of hydrogen-bond acceptors (Lipinski definition) is 4. The number of nitrogens with two attached hydrogens (primary N) is 1. The molecule has 0 bridgehead atoms. The molecule has 0 radical (unpaired) electrons. The molecule has 1 unspecified atom stereocenters. The minimum absolute atomic E-state index is 0.124. The van der Waals surface area contributed by atoms with E-state index in [0.29, 0.717) is 6.54 Å². The lowest BCUT2D eigenvalue weighted by Gasteiger charge is -2.10. The van der Waals surface area contributed by atoms with Crippen molar-refractivity contribution in [3.05, 3.63) is 60.2 Å². The van der Waals surface area contributed by atoms with Gasteiger partial charge in [0.1, 0.15) is 17.6 Å². The number of primary amides is 1. The molecule has 1 atom stereocenters. The van der Waals surface area contributed by atoms with Crippen LogP contribution in [0, 0.1) is 0 Å². The van der Waals surface area contributed by atoms with Crippen LogP contribution in [0.25, 0.3) is 0 Å². The van der Waals surface area contributed by atoms with E-state index in [1.165, 1.54) is 0 Å². The molecule has 0 spiro atoms. The Morgan fingerprint density at radius 3 is 2.57 bits per heavy atom. The highest BCUT2D eigenvalue weighted by molar-refractivity contribution is 5.78. The molecule has 0 heterocycles. The van der Waals surface area contributed by atoms with Crippen LogP contribution >= 0.6 is 0 Å². The van der Waals surface area contributed by atoms with Gasteiger partial charge < -0.3 is 20.9 Å². The Hall–Kier alpha value is -2.37. The van der Waals surface area contributed by atoms with Gasteiger partial charge >= 0.3 is 0 Å². The minimum atomic E-state index is -1.17. The summed E-state index contributed by atoms with van der Waals surface area (Å²) in [5, 5.41) is 12.3. The summed E-state index contributed by atoms with van der Waals surface area (Å²) in [6.45, 7) is 0.634. The van der Waals surface area contributed by atoms with Gasteiger partial charge in [-0.2, -0.15) is 0 Å². The first-order valence-electron chi connectivity index (χ1n) is 6.65. The van der Waals surface area contributed by atoms with E-state index >= 15 is 0 Å². The second kappa shape index (κ2) is 7.42. The Balaban J connectivity index is 1.90. The molecule has 0 saturated carbocycles. The van der Waals surface area contributed by atoms with Crippen LogP contribution in [-0.4, -0.2) is 23.7 Å². The first-order valence-corrected chi connectivity index (χ1v) is 6.65. The van der Waals surface area contributed by atoms with Gasteiger partial charge in [0.25, 0.3) is 0 Å². The van der Waals surface area contributed by atoms with Crippen LogP contribution in [0.5, 0.6) is 11.5 Å². The van der Waals surface area contributed by atoms with Crippen molar-refractivity contribution in [3.8, 4) is 11.5 Å². The van der Waals surface area contributed by atoms with Crippen LogP contribution in [0.1, 0.15) is 5.56 Å². The van der Waals surface area contributed by atoms with E-state index in [-0.39, 0.29) is 6.54 Å². The highest BCUT2D eigenvalue weighted by Crippen LogP contribution is 2.21. The monoisotopic (exact) mass is 286 g/mol. The molecule has 5 nitrogen and oxygen atoms in total. The van der Waals surface area contributed by atoms with E-state index in [1.807, 2.05) is 54.6 Å². The third kappa shape index (κ3) is 4.91. The number of carbonyl (C=O) groups is 1. The number of benzene rings is 2. The second-order valence-corrected chi connectivity index (χ2v) is 4.61. The molecule has 5 heteroatoms. The second-order valence-electron chi connectivity index (χ2n) is 4.61. The zero-order chi connectivity index (χ0) is 15.1. The standard InChI is InChI=1S/C16H18N2O3/c17-16(20)15(19)11-18-10-12-5-4-8-14(9-12)21-13-6-2-1-3-7-13/h1-9,15,18-19H,10-11H2,(H2,17,20). The Bertz CT molecular complexity index is 587. The number of rotatable bonds is 7. The number of amides is 1. The van der Waals surface area contributed by atoms with Crippen molar-refractivity contribution >= 4 is 5.91 Å². The number of aliphatic hydroxyl groups is 1. The summed E-state index contributed by atoms with van der Waals surface area (Å²) in [5.41, 5.74) is 5.96. The number of para-hydroxylation sites is 1.